The van der Waals surface area contributed by atoms with Gasteiger partial charge < -0.3 is 23.9 Å². The van der Waals surface area contributed by atoms with Gasteiger partial charge in [-0.2, -0.15) is 0 Å². The molecule has 1 saturated heterocycles. The molecule has 4 rings (SSSR count). The van der Waals surface area contributed by atoms with Crippen LogP contribution >= 0.6 is 0 Å². The quantitative estimate of drug-likeness (QED) is 0.441. The highest BCUT2D eigenvalue weighted by atomic mass is 16.5. The van der Waals surface area contributed by atoms with Crippen molar-refractivity contribution in [3.8, 4) is 11.5 Å². The predicted molar refractivity (Wildman–Crippen MR) is 135 cm³/mol. The average Bonchev–Trinajstić information content (AvgIpc) is 3.24. The first kappa shape index (κ1) is 24.5. The lowest BCUT2D eigenvalue weighted by Gasteiger charge is -2.26. The van der Waals surface area contributed by atoms with Gasteiger partial charge in [0, 0.05) is 51.0 Å². The number of morpholine rings is 1. The van der Waals surface area contributed by atoms with Crippen LogP contribution < -0.4 is 9.47 Å². The highest BCUT2D eigenvalue weighted by molar-refractivity contribution is 5.79. The fourth-order valence-corrected chi connectivity index (χ4v) is 4.47. The minimum Gasteiger partial charge on any atom is -0.490 e. The molecule has 2 heterocycles. The molecule has 1 aliphatic rings. The molecule has 0 amide bonds. The number of para-hydroxylation sites is 1. The van der Waals surface area contributed by atoms with Gasteiger partial charge in [-0.3, -0.25) is 9.80 Å². The smallest absolute Gasteiger partial charge is 0.161 e. The molecule has 3 aromatic rings. The molecule has 0 unspecified atom stereocenters. The van der Waals surface area contributed by atoms with Crippen LogP contribution in [-0.2, 0) is 17.8 Å². The highest BCUT2D eigenvalue weighted by Crippen LogP contribution is 2.29. The molecule has 7 heteroatoms. The molecule has 1 fully saturated rings. The van der Waals surface area contributed by atoms with Crippen molar-refractivity contribution in [2.45, 2.75) is 26.1 Å². The first-order valence-corrected chi connectivity index (χ1v) is 12.2. The molecule has 1 N–H and O–H groups in total. The molecule has 0 saturated carbocycles. The summed E-state index contributed by atoms with van der Waals surface area (Å²) in [5.41, 5.74) is 2.28. The van der Waals surface area contributed by atoms with Gasteiger partial charge in [-0.05, 0) is 49.2 Å². The number of hydrogen-bond acceptors (Lipinski definition) is 6. The zero-order valence-electron chi connectivity index (χ0n) is 20.4. The van der Waals surface area contributed by atoms with Crippen molar-refractivity contribution in [3.05, 3.63) is 60.3 Å². The summed E-state index contributed by atoms with van der Waals surface area (Å²) in [4.78, 5) is 4.50. The molecule has 34 heavy (non-hydrogen) atoms. The maximum absolute atomic E-state index is 10.7. The average molecular weight is 468 g/mol. The summed E-state index contributed by atoms with van der Waals surface area (Å²) in [7, 11) is 2.03. The predicted octanol–water partition coefficient (Wildman–Crippen LogP) is 3.24. The molecule has 0 radical (unpaired) electrons. The van der Waals surface area contributed by atoms with Crippen LogP contribution in [0.1, 0.15) is 12.5 Å². The van der Waals surface area contributed by atoms with E-state index in [9.17, 15) is 5.11 Å². The van der Waals surface area contributed by atoms with E-state index in [1.54, 1.807) is 0 Å². The molecular weight excluding hydrogens is 430 g/mol. The molecule has 1 atom stereocenters. The van der Waals surface area contributed by atoms with E-state index in [4.69, 9.17) is 14.2 Å². The normalized spacial score (nSPS) is 15.6. The van der Waals surface area contributed by atoms with Crippen LogP contribution in [0.5, 0.6) is 11.5 Å². The number of rotatable bonds is 12. The number of ether oxygens (including phenoxy) is 3. The standard InChI is InChI=1S/C27H37N3O4/c1-3-33-27-18-22(8-9-26(27)34-17-14-29-12-15-32-16-13-29)19-28(2)20-24(31)21-30-11-10-23-6-4-5-7-25(23)30/h4-11,18,24,31H,3,12-17,19-21H2,1-2H3/t24-/m1/s1. The van der Waals surface area contributed by atoms with Crippen molar-refractivity contribution in [1.82, 2.24) is 14.4 Å². The number of nitrogens with zero attached hydrogens (tertiary/aromatic N) is 3. The maximum Gasteiger partial charge on any atom is 0.161 e. The van der Waals surface area contributed by atoms with Crippen molar-refractivity contribution in [1.29, 1.82) is 0 Å². The summed E-state index contributed by atoms with van der Waals surface area (Å²) in [5.74, 6) is 1.55. The Balaban J connectivity index is 1.29. The minimum atomic E-state index is -0.463. The van der Waals surface area contributed by atoms with Gasteiger partial charge in [0.2, 0.25) is 0 Å². The van der Waals surface area contributed by atoms with Gasteiger partial charge in [-0.15, -0.1) is 0 Å². The molecule has 0 bridgehead atoms. The summed E-state index contributed by atoms with van der Waals surface area (Å²) >= 11 is 0. The van der Waals surface area contributed by atoms with Crippen molar-refractivity contribution in [2.75, 3.05) is 59.7 Å². The molecule has 0 aliphatic carbocycles. The molecule has 7 nitrogen and oxygen atoms in total. The highest BCUT2D eigenvalue weighted by Gasteiger charge is 2.14. The van der Waals surface area contributed by atoms with Crippen LogP contribution in [0.4, 0.5) is 0 Å². The third kappa shape index (κ3) is 6.73. The third-order valence-electron chi connectivity index (χ3n) is 6.14. The molecule has 2 aromatic carbocycles. The largest absolute Gasteiger partial charge is 0.490 e. The van der Waals surface area contributed by atoms with Crippen LogP contribution in [0.25, 0.3) is 10.9 Å². The summed E-state index contributed by atoms with van der Waals surface area (Å²) < 4.78 is 19.4. The van der Waals surface area contributed by atoms with Crippen LogP contribution in [-0.4, -0.2) is 85.2 Å². The SMILES string of the molecule is CCOc1cc(CN(C)C[C@@H](O)Cn2ccc3ccccc32)ccc1OCCN1CCOCC1. The number of benzene rings is 2. The van der Waals surface area contributed by atoms with Crippen LogP contribution in [0.2, 0.25) is 0 Å². The van der Waals surface area contributed by atoms with Gasteiger partial charge in [-0.25, -0.2) is 0 Å². The zero-order valence-corrected chi connectivity index (χ0v) is 20.4. The monoisotopic (exact) mass is 467 g/mol. The van der Waals surface area contributed by atoms with E-state index in [1.807, 2.05) is 38.4 Å². The Kier molecular flexibility index (Phi) is 8.82. The maximum atomic E-state index is 10.7. The first-order valence-electron chi connectivity index (χ1n) is 12.2. The summed E-state index contributed by atoms with van der Waals surface area (Å²) in [6.45, 7) is 9.45. The Hall–Kier alpha value is -2.58. The zero-order chi connectivity index (χ0) is 23.8. The molecular formula is C27H37N3O4. The fourth-order valence-electron chi connectivity index (χ4n) is 4.47. The van der Waals surface area contributed by atoms with Gasteiger partial charge in [0.05, 0.1) is 25.9 Å². The molecule has 1 aromatic heterocycles. The molecule has 0 spiro atoms. The Labute approximate surface area is 202 Å². The van der Waals surface area contributed by atoms with Crippen molar-refractivity contribution >= 4 is 10.9 Å². The Morgan fingerprint density at radius 3 is 2.71 bits per heavy atom. The van der Waals surface area contributed by atoms with Gasteiger partial charge in [0.15, 0.2) is 11.5 Å². The molecule has 1 aliphatic heterocycles. The van der Waals surface area contributed by atoms with Gasteiger partial charge >= 0.3 is 0 Å². The van der Waals surface area contributed by atoms with Gasteiger partial charge in [0.25, 0.3) is 0 Å². The number of aromatic nitrogens is 1. The van der Waals surface area contributed by atoms with Gasteiger partial charge in [-0.1, -0.05) is 24.3 Å². The number of hydrogen-bond donors (Lipinski definition) is 1. The first-order chi connectivity index (χ1) is 16.6. The lowest BCUT2D eigenvalue weighted by molar-refractivity contribution is 0.0320. The van der Waals surface area contributed by atoms with E-state index in [2.05, 4.69) is 44.7 Å². The van der Waals surface area contributed by atoms with E-state index in [1.165, 1.54) is 5.39 Å². The Bertz CT molecular complexity index is 1030. The van der Waals surface area contributed by atoms with E-state index >= 15 is 0 Å². The van der Waals surface area contributed by atoms with E-state index < -0.39 is 6.10 Å². The molecule has 184 valence electrons. The fraction of sp³-hybridized carbons (Fsp3) is 0.481. The lowest BCUT2D eigenvalue weighted by Crippen LogP contribution is -2.38. The summed E-state index contributed by atoms with van der Waals surface area (Å²) in [5, 5.41) is 11.9. The van der Waals surface area contributed by atoms with E-state index in [-0.39, 0.29) is 0 Å². The van der Waals surface area contributed by atoms with Crippen molar-refractivity contribution in [2.24, 2.45) is 0 Å². The number of likely N-dealkylation sites (N-methyl/N-ethyl adjacent to an activating group) is 1. The second-order valence-electron chi connectivity index (χ2n) is 8.89. The second-order valence-corrected chi connectivity index (χ2v) is 8.89. The van der Waals surface area contributed by atoms with Gasteiger partial charge in [0.1, 0.15) is 6.61 Å². The Morgan fingerprint density at radius 2 is 1.88 bits per heavy atom. The number of fused-ring (bicyclic) bond motifs is 1. The summed E-state index contributed by atoms with van der Waals surface area (Å²) in [6.07, 6.45) is 1.58. The topological polar surface area (TPSA) is 59.3 Å². The lowest BCUT2D eigenvalue weighted by atomic mass is 10.2. The van der Waals surface area contributed by atoms with Crippen LogP contribution in [0.3, 0.4) is 0 Å². The number of aliphatic hydroxyl groups is 1. The Morgan fingerprint density at radius 1 is 1.06 bits per heavy atom. The number of aliphatic hydroxyl groups excluding tert-OH is 1. The van der Waals surface area contributed by atoms with Crippen molar-refractivity contribution in [3.63, 3.8) is 0 Å². The summed E-state index contributed by atoms with van der Waals surface area (Å²) in [6, 6.07) is 16.5. The second kappa shape index (κ2) is 12.2. The van der Waals surface area contributed by atoms with Crippen molar-refractivity contribution < 1.29 is 19.3 Å². The third-order valence-corrected chi connectivity index (χ3v) is 6.14. The van der Waals surface area contributed by atoms with E-state index in [0.717, 1.165) is 62.0 Å². The van der Waals surface area contributed by atoms with E-state index in [0.29, 0.717) is 26.3 Å². The minimum absolute atomic E-state index is 0.463. The van der Waals surface area contributed by atoms with Crippen LogP contribution in [0.15, 0.2) is 54.7 Å². The van der Waals surface area contributed by atoms with Crippen LogP contribution in [0, 0.1) is 0 Å².